The predicted molar refractivity (Wildman–Crippen MR) is 52.4 cm³/mol. The number of carbonyl (C=O) groups is 1. The molecule has 2 aromatic rings. The van der Waals surface area contributed by atoms with Gasteiger partial charge < -0.3 is 5.73 Å². The zero-order valence-corrected chi connectivity index (χ0v) is 8.15. The van der Waals surface area contributed by atoms with Gasteiger partial charge in [0.1, 0.15) is 0 Å². The normalized spacial score (nSPS) is 10.5. The van der Waals surface area contributed by atoms with Gasteiger partial charge in [0.2, 0.25) is 0 Å². The molecule has 0 saturated heterocycles. The second-order valence-corrected chi connectivity index (χ2v) is 3.51. The summed E-state index contributed by atoms with van der Waals surface area (Å²) in [6.07, 6.45) is 1.60. The lowest BCUT2D eigenvalue weighted by Gasteiger charge is -1.95. The first-order chi connectivity index (χ1) is 6.18. The maximum Gasteiger partial charge on any atom is 0.340 e. The van der Waals surface area contributed by atoms with Crippen LogP contribution in [0, 0.1) is 0 Å². The Balaban J connectivity index is 2.76. The number of halogens is 1. The number of carbonyl (C=O) groups excluding carboxylic acids is 1. The van der Waals surface area contributed by atoms with Crippen molar-refractivity contribution in [1.29, 1.82) is 0 Å². The Bertz CT molecular complexity index is 477. The monoisotopic (exact) mass is 239 g/mol. The molecule has 0 bridgehead atoms. The van der Waals surface area contributed by atoms with Crippen molar-refractivity contribution in [1.82, 2.24) is 9.78 Å². The van der Waals surface area contributed by atoms with Gasteiger partial charge in [0, 0.05) is 9.86 Å². The number of nitrogens with zero attached hydrogens (tertiary/aromatic N) is 2. The number of nitrogens with two attached hydrogens (primary N) is 1. The highest BCUT2D eigenvalue weighted by Gasteiger charge is 2.05. The van der Waals surface area contributed by atoms with E-state index in [9.17, 15) is 4.79 Å². The summed E-state index contributed by atoms with van der Waals surface area (Å²) in [5.74, 6) is 0. The van der Waals surface area contributed by atoms with Gasteiger partial charge in [-0.2, -0.15) is 9.78 Å². The third-order valence-corrected chi connectivity index (χ3v) is 2.23. The minimum atomic E-state index is -0.572. The average Bonchev–Trinajstić information content (AvgIpc) is 2.46. The molecule has 2 rings (SSSR count). The molecule has 2 N–H and O–H groups in total. The van der Waals surface area contributed by atoms with E-state index in [2.05, 4.69) is 21.0 Å². The largest absolute Gasteiger partial charge is 0.350 e. The fourth-order valence-corrected chi connectivity index (χ4v) is 1.56. The van der Waals surface area contributed by atoms with Crippen molar-refractivity contribution in [3.05, 3.63) is 28.9 Å². The maximum absolute atomic E-state index is 10.9. The molecule has 0 saturated carbocycles. The highest BCUT2D eigenvalue weighted by molar-refractivity contribution is 9.10. The molecule has 0 aliphatic carbocycles. The standard InChI is InChI=1S/C8H6BrN3O/c9-6-1-2-7-5(3-6)4-11-12(7)8(10)13/h1-4H,(H2,10,13). The third kappa shape index (κ3) is 1.31. The van der Waals surface area contributed by atoms with Crippen molar-refractivity contribution in [2.75, 3.05) is 0 Å². The Morgan fingerprint density at radius 3 is 3.00 bits per heavy atom. The van der Waals surface area contributed by atoms with Crippen LogP contribution < -0.4 is 5.73 Å². The molecule has 1 aromatic carbocycles. The second kappa shape index (κ2) is 2.85. The molecular weight excluding hydrogens is 234 g/mol. The van der Waals surface area contributed by atoms with Crippen LogP contribution in [-0.2, 0) is 0 Å². The van der Waals surface area contributed by atoms with Crippen molar-refractivity contribution >= 4 is 32.9 Å². The number of benzene rings is 1. The number of amides is 1. The topological polar surface area (TPSA) is 60.9 Å². The van der Waals surface area contributed by atoms with E-state index in [1.165, 1.54) is 4.68 Å². The van der Waals surface area contributed by atoms with Crippen molar-refractivity contribution < 1.29 is 4.79 Å². The Morgan fingerprint density at radius 2 is 2.31 bits per heavy atom. The van der Waals surface area contributed by atoms with E-state index in [4.69, 9.17) is 5.73 Å². The molecule has 0 unspecified atom stereocenters. The van der Waals surface area contributed by atoms with Crippen LogP contribution in [0.3, 0.4) is 0 Å². The molecular formula is C8H6BrN3O. The summed E-state index contributed by atoms with van der Waals surface area (Å²) < 4.78 is 2.12. The van der Waals surface area contributed by atoms with Crippen LogP contribution in [0.1, 0.15) is 0 Å². The van der Waals surface area contributed by atoms with E-state index in [1.807, 2.05) is 12.1 Å². The highest BCUT2D eigenvalue weighted by atomic mass is 79.9. The molecule has 1 aromatic heterocycles. The number of hydrogen-bond acceptors (Lipinski definition) is 2. The molecule has 0 atom stereocenters. The van der Waals surface area contributed by atoms with Gasteiger partial charge >= 0.3 is 6.03 Å². The van der Waals surface area contributed by atoms with Gasteiger partial charge in [-0.05, 0) is 18.2 Å². The fourth-order valence-electron chi connectivity index (χ4n) is 1.18. The van der Waals surface area contributed by atoms with Crippen LogP contribution in [0.15, 0.2) is 28.9 Å². The minimum absolute atomic E-state index is 0.572. The summed E-state index contributed by atoms with van der Waals surface area (Å²) >= 11 is 3.33. The van der Waals surface area contributed by atoms with Crippen molar-refractivity contribution in [3.63, 3.8) is 0 Å². The summed E-state index contributed by atoms with van der Waals surface area (Å²) in [5.41, 5.74) is 5.83. The maximum atomic E-state index is 10.9. The lowest BCUT2D eigenvalue weighted by Crippen LogP contribution is -2.20. The molecule has 66 valence electrons. The fraction of sp³-hybridized carbons (Fsp3) is 0. The van der Waals surface area contributed by atoms with Crippen molar-refractivity contribution in [2.24, 2.45) is 5.73 Å². The molecule has 0 aliphatic heterocycles. The zero-order chi connectivity index (χ0) is 9.42. The van der Waals surface area contributed by atoms with Crippen LogP contribution in [0.5, 0.6) is 0 Å². The summed E-state index contributed by atoms with van der Waals surface area (Å²) in [6.45, 7) is 0. The molecule has 0 fully saturated rings. The van der Waals surface area contributed by atoms with Crippen LogP contribution in [0.4, 0.5) is 4.79 Å². The first-order valence-corrected chi connectivity index (χ1v) is 4.41. The lowest BCUT2D eigenvalue weighted by molar-refractivity contribution is 0.248. The molecule has 5 heteroatoms. The smallest absolute Gasteiger partial charge is 0.340 e. The Kier molecular flexibility index (Phi) is 1.81. The quantitative estimate of drug-likeness (QED) is 0.762. The van der Waals surface area contributed by atoms with Gasteiger partial charge in [-0.1, -0.05) is 15.9 Å². The van der Waals surface area contributed by atoms with Crippen LogP contribution >= 0.6 is 15.9 Å². The van der Waals surface area contributed by atoms with Gasteiger partial charge in [-0.15, -0.1) is 0 Å². The first kappa shape index (κ1) is 8.25. The van der Waals surface area contributed by atoms with Crippen LogP contribution in [0.2, 0.25) is 0 Å². The van der Waals surface area contributed by atoms with Crippen LogP contribution in [0.25, 0.3) is 10.9 Å². The van der Waals surface area contributed by atoms with E-state index >= 15 is 0 Å². The molecule has 0 spiro atoms. The molecule has 13 heavy (non-hydrogen) atoms. The Labute approximate surface area is 82.5 Å². The van der Waals surface area contributed by atoms with E-state index < -0.39 is 6.03 Å². The number of aromatic nitrogens is 2. The van der Waals surface area contributed by atoms with E-state index in [0.29, 0.717) is 0 Å². The van der Waals surface area contributed by atoms with Crippen molar-refractivity contribution in [3.8, 4) is 0 Å². The molecule has 0 radical (unpaired) electrons. The van der Waals surface area contributed by atoms with Gasteiger partial charge in [0.15, 0.2) is 0 Å². The summed E-state index contributed by atoms with van der Waals surface area (Å²) in [4.78, 5) is 10.9. The highest BCUT2D eigenvalue weighted by Crippen LogP contribution is 2.18. The predicted octanol–water partition coefficient (Wildman–Crippen LogP) is 1.73. The van der Waals surface area contributed by atoms with E-state index in [1.54, 1.807) is 12.3 Å². The average molecular weight is 240 g/mol. The summed E-state index contributed by atoms with van der Waals surface area (Å²) in [6, 6.07) is 4.93. The lowest BCUT2D eigenvalue weighted by atomic mass is 10.3. The van der Waals surface area contributed by atoms with Gasteiger partial charge in [0.05, 0.1) is 11.7 Å². The Morgan fingerprint density at radius 1 is 1.54 bits per heavy atom. The number of primary amides is 1. The first-order valence-electron chi connectivity index (χ1n) is 3.61. The van der Waals surface area contributed by atoms with E-state index in [0.717, 1.165) is 15.4 Å². The number of rotatable bonds is 0. The van der Waals surface area contributed by atoms with Gasteiger partial charge in [-0.25, -0.2) is 4.79 Å². The summed E-state index contributed by atoms with van der Waals surface area (Å²) in [7, 11) is 0. The summed E-state index contributed by atoms with van der Waals surface area (Å²) in [5, 5.41) is 4.74. The number of hydrogen-bond donors (Lipinski definition) is 1. The molecule has 1 amide bonds. The van der Waals surface area contributed by atoms with Gasteiger partial charge in [-0.3, -0.25) is 0 Å². The zero-order valence-electron chi connectivity index (χ0n) is 6.57. The third-order valence-electron chi connectivity index (χ3n) is 1.74. The van der Waals surface area contributed by atoms with Crippen molar-refractivity contribution in [2.45, 2.75) is 0 Å². The molecule has 1 heterocycles. The SMILES string of the molecule is NC(=O)n1ncc2cc(Br)ccc21. The minimum Gasteiger partial charge on any atom is -0.350 e. The molecule has 4 nitrogen and oxygen atoms in total. The van der Waals surface area contributed by atoms with Crippen LogP contribution in [-0.4, -0.2) is 15.8 Å². The Hall–Kier alpha value is -1.36. The van der Waals surface area contributed by atoms with Gasteiger partial charge in [0.25, 0.3) is 0 Å². The second-order valence-electron chi connectivity index (χ2n) is 2.60. The van der Waals surface area contributed by atoms with E-state index in [-0.39, 0.29) is 0 Å². The number of fused-ring (bicyclic) bond motifs is 1. The molecule has 0 aliphatic rings.